The Hall–Kier alpha value is -1.56. The molecule has 1 saturated heterocycles. The number of ether oxygens (including phenoxy) is 2. The molecule has 0 spiro atoms. The average Bonchev–Trinajstić information content (AvgIpc) is 2.77. The van der Waals surface area contributed by atoms with Gasteiger partial charge in [0.05, 0.1) is 12.7 Å². The van der Waals surface area contributed by atoms with Crippen LogP contribution in [0.3, 0.4) is 0 Å². The minimum atomic E-state index is -2.76. The van der Waals surface area contributed by atoms with E-state index in [9.17, 15) is 17.6 Å². The van der Waals surface area contributed by atoms with Crippen molar-refractivity contribution < 1.29 is 27.0 Å². The molecule has 0 radical (unpaired) electrons. The van der Waals surface area contributed by atoms with Crippen molar-refractivity contribution in [2.45, 2.75) is 83.7 Å². The summed E-state index contributed by atoms with van der Waals surface area (Å²) < 4.78 is 68.8. The molecule has 1 heterocycles. The number of hydrogen-bond acceptors (Lipinski definition) is 2. The van der Waals surface area contributed by atoms with Crippen LogP contribution in [0.1, 0.15) is 70.8 Å². The molecule has 6 heteroatoms. The molecule has 1 aromatic carbocycles. The number of hydrogen-bond donors (Lipinski definition) is 0. The Kier molecular flexibility index (Phi) is 9.04. The second-order valence-corrected chi connectivity index (χ2v) is 9.26. The lowest BCUT2D eigenvalue weighted by Gasteiger charge is -2.40. The molecule has 4 atom stereocenters. The first-order chi connectivity index (χ1) is 15.4. The predicted molar refractivity (Wildman–Crippen MR) is 118 cm³/mol. The molecular formula is C26H36F4O2. The van der Waals surface area contributed by atoms with E-state index in [1.807, 2.05) is 0 Å². The van der Waals surface area contributed by atoms with Gasteiger partial charge in [-0.25, -0.2) is 13.2 Å². The van der Waals surface area contributed by atoms with Crippen LogP contribution in [0.5, 0.6) is 5.75 Å². The number of halogens is 4. The monoisotopic (exact) mass is 456 g/mol. The van der Waals surface area contributed by atoms with Gasteiger partial charge in [-0.15, -0.1) is 0 Å². The first kappa shape index (κ1) is 25.1. The zero-order valence-electron chi connectivity index (χ0n) is 19.2. The van der Waals surface area contributed by atoms with Crippen molar-refractivity contribution in [3.63, 3.8) is 0 Å². The third-order valence-electron chi connectivity index (χ3n) is 6.93. The SMILES string of the molecule is CCCC1CCC(C2CCC(/C=C/CCc3ccc(OCC)c(F)c3F)C(F)(F)C2)OC1. The van der Waals surface area contributed by atoms with Crippen LogP contribution in [-0.2, 0) is 11.2 Å². The highest BCUT2D eigenvalue weighted by Crippen LogP contribution is 2.45. The van der Waals surface area contributed by atoms with Crippen LogP contribution in [-0.4, -0.2) is 25.2 Å². The maximum absolute atomic E-state index is 14.8. The van der Waals surface area contributed by atoms with Crippen molar-refractivity contribution in [1.29, 1.82) is 0 Å². The van der Waals surface area contributed by atoms with Gasteiger partial charge in [-0.1, -0.05) is 31.6 Å². The number of aryl methyl sites for hydroxylation is 1. The number of benzene rings is 1. The molecule has 0 aromatic heterocycles. The van der Waals surface area contributed by atoms with Gasteiger partial charge in [0.2, 0.25) is 5.82 Å². The van der Waals surface area contributed by atoms with Gasteiger partial charge < -0.3 is 9.47 Å². The molecule has 0 N–H and O–H groups in total. The minimum absolute atomic E-state index is 0.0450. The number of allylic oxidation sites excluding steroid dienone is 2. The zero-order chi connectivity index (χ0) is 23.1. The summed E-state index contributed by atoms with van der Waals surface area (Å²) in [6.45, 7) is 4.81. The minimum Gasteiger partial charge on any atom is -0.491 e. The van der Waals surface area contributed by atoms with Gasteiger partial charge in [0.25, 0.3) is 5.92 Å². The Labute approximate surface area is 189 Å². The zero-order valence-corrected chi connectivity index (χ0v) is 19.2. The molecule has 1 aliphatic heterocycles. The molecular weight excluding hydrogens is 420 g/mol. The molecule has 1 aliphatic carbocycles. The van der Waals surface area contributed by atoms with Gasteiger partial charge in [-0.05, 0) is 75.3 Å². The largest absolute Gasteiger partial charge is 0.491 e. The summed E-state index contributed by atoms with van der Waals surface area (Å²) in [5.41, 5.74) is 0.224. The highest BCUT2D eigenvalue weighted by molar-refractivity contribution is 5.31. The van der Waals surface area contributed by atoms with E-state index < -0.39 is 23.5 Å². The lowest BCUT2D eigenvalue weighted by atomic mass is 9.74. The standard InChI is InChI=1S/C26H36F4O2/c1-3-7-18-10-14-22(32-17-18)20-11-13-21(26(29,30)16-20)9-6-5-8-19-12-15-23(31-4-2)25(28)24(19)27/h6,9,12,15,18,20-22H,3-5,7-8,10-11,13-14,16-17H2,1-2H3/b9-6+. The fourth-order valence-corrected chi connectivity index (χ4v) is 5.13. The van der Waals surface area contributed by atoms with E-state index in [0.717, 1.165) is 32.1 Å². The van der Waals surface area contributed by atoms with E-state index in [4.69, 9.17) is 9.47 Å². The fraction of sp³-hybridized carbons (Fsp3) is 0.692. The molecule has 2 aliphatic rings. The second kappa shape index (κ2) is 11.5. The Balaban J connectivity index is 1.48. The summed E-state index contributed by atoms with van der Waals surface area (Å²) in [5, 5.41) is 0. The van der Waals surface area contributed by atoms with Crippen LogP contribution in [0, 0.1) is 29.4 Å². The first-order valence-electron chi connectivity index (χ1n) is 12.1. The van der Waals surface area contributed by atoms with Crippen molar-refractivity contribution in [2.75, 3.05) is 13.2 Å². The van der Waals surface area contributed by atoms with Crippen LogP contribution >= 0.6 is 0 Å². The van der Waals surface area contributed by atoms with Gasteiger partial charge >= 0.3 is 0 Å². The van der Waals surface area contributed by atoms with Crippen molar-refractivity contribution in [2.24, 2.45) is 17.8 Å². The molecule has 0 bridgehead atoms. The molecule has 32 heavy (non-hydrogen) atoms. The molecule has 2 fully saturated rings. The van der Waals surface area contributed by atoms with Gasteiger partial charge in [-0.3, -0.25) is 0 Å². The highest BCUT2D eigenvalue weighted by atomic mass is 19.3. The molecule has 2 nitrogen and oxygen atoms in total. The Bertz CT molecular complexity index is 756. The average molecular weight is 457 g/mol. The molecule has 3 rings (SSSR count). The predicted octanol–water partition coefficient (Wildman–Crippen LogP) is 7.50. The Morgan fingerprint density at radius 1 is 1.09 bits per heavy atom. The second-order valence-electron chi connectivity index (χ2n) is 9.26. The van der Waals surface area contributed by atoms with Gasteiger partial charge in [-0.2, -0.15) is 4.39 Å². The van der Waals surface area contributed by atoms with Crippen LogP contribution in [0.15, 0.2) is 24.3 Å². The molecule has 180 valence electrons. The maximum Gasteiger partial charge on any atom is 0.254 e. The van der Waals surface area contributed by atoms with E-state index in [1.165, 1.54) is 12.1 Å². The van der Waals surface area contributed by atoms with E-state index in [-0.39, 0.29) is 42.8 Å². The van der Waals surface area contributed by atoms with Gasteiger partial charge in [0.15, 0.2) is 11.6 Å². The maximum atomic E-state index is 14.8. The van der Waals surface area contributed by atoms with Crippen molar-refractivity contribution >= 4 is 0 Å². The smallest absolute Gasteiger partial charge is 0.254 e. The van der Waals surface area contributed by atoms with E-state index in [1.54, 1.807) is 19.1 Å². The quantitative estimate of drug-likeness (QED) is 0.283. The highest BCUT2D eigenvalue weighted by Gasteiger charge is 2.46. The van der Waals surface area contributed by atoms with Crippen LogP contribution in [0.4, 0.5) is 17.6 Å². The Morgan fingerprint density at radius 3 is 2.56 bits per heavy atom. The number of alkyl halides is 2. The lowest BCUT2D eigenvalue weighted by Crippen LogP contribution is -2.41. The first-order valence-corrected chi connectivity index (χ1v) is 12.1. The summed E-state index contributed by atoms with van der Waals surface area (Å²) in [4.78, 5) is 0. The molecule has 0 amide bonds. The number of rotatable bonds is 9. The summed E-state index contributed by atoms with van der Waals surface area (Å²) >= 11 is 0. The fourth-order valence-electron chi connectivity index (χ4n) is 5.13. The van der Waals surface area contributed by atoms with E-state index >= 15 is 0 Å². The van der Waals surface area contributed by atoms with Crippen molar-refractivity contribution in [3.05, 3.63) is 41.5 Å². The van der Waals surface area contributed by atoms with E-state index in [0.29, 0.717) is 25.4 Å². The van der Waals surface area contributed by atoms with Crippen molar-refractivity contribution in [1.82, 2.24) is 0 Å². The van der Waals surface area contributed by atoms with Gasteiger partial charge in [0.1, 0.15) is 0 Å². The third kappa shape index (κ3) is 6.27. The van der Waals surface area contributed by atoms with Crippen molar-refractivity contribution in [3.8, 4) is 5.75 Å². The summed E-state index contributed by atoms with van der Waals surface area (Å²) in [6, 6.07) is 2.90. The van der Waals surface area contributed by atoms with Crippen LogP contribution < -0.4 is 4.74 Å². The van der Waals surface area contributed by atoms with E-state index in [2.05, 4.69) is 6.92 Å². The topological polar surface area (TPSA) is 18.5 Å². The summed E-state index contributed by atoms with van der Waals surface area (Å²) in [5.74, 6) is -5.11. The van der Waals surface area contributed by atoms with Crippen LogP contribution in [0.2, 0.25) is 0 Å². The van der Waals surface area contributed by atoms with Gasteiger partial charge in [0, 0.05) is 18.9 Å². The normalized spacial score (nSPS) is 28.2. The van der Waals surface area contributed by atoms with Crippen LogP contribution in [0.25, 0.3) is 0 Å². The Morgan fingerprint density at radius 2 is 1.91 bits per heavy atom. The lowest BCUT2D eigenvalue weighted by molar-refractivity contribution is -0.127. The molecule has 1 aromatic rings. The molecule has 1 saturated carbocycles. The summed E-state index contributed by atoms with van der Waals surface area (Å²) in [6.07, 6.45) is 9.11. The molecule has 4 unspecified atom stereocenters. The third-order valence-corrected chi connectivity index (χ3v) is 6.93. The summed E-state index contributed by atoms with van der Waals surface area (Å²) in [7, 11) is 0.